The molecule has 2 heterocycles. The van der Waals surface area contributed by atoms with Gasteiger partial charge in [0.15, 0.2) is 0 Å². The first kappa shape index (κ1) is 30.6. The Bertz CT molecular complexity index is 1600. The molecule has 0 radical (unpaired) electrons. The van der Waals surface area contributed by atoms with Crippen LogP contribution in [0.5, 0.6) is 5.75 Å². The summed E-state index contributed by atoms with van der Waals surface area (Å²) >= 11 is 7.50. The SMILES string of the molecule is COc1ccc(-n2nc(Sc3ccc(Cl)cc3)cc(CC[C@@H](C)NC(=O)[C@@H]3CNCCN3c3ccc(F)cc3)c2=O)cc1. The monoisotopic (exact) mass is 621 g/mol. The molecule has 1 fully saturated rings. The summed E-state index contributed by atoms with van der Waals surface area (Å²) in [5, 5.41) is 12.3. The number of rotatable bonds is 10. The van der Waals surface area contributed by atoms with Crippen LogP contribution in [-0.2, 0) is 11.2 Å². The smallest absolute Gasteiger partial charge is 0.274 e. The molecule has 11 heteroatoms. The van der Waals surface area contributed by atoms with E-state index in [9.17, 15) is 14.0 Å². The van der Waals surface area contributed by atoms with Gasteiger partial charge in [-0.3, -0.25) is 9.59 Å². The zero-order valence-corrected chi connectivity index (χ0v) is 25.5. The molecule has 0 spiro atoms. The van der Waals surface area contributed by atoms with E-state index in [1.807, 2.05) is 42.2 Å². The molecule has 0 bridgehead atoms. The molecule has 3 aromatic carbocycles. The molecule has 1 amide bonds. The molecular weight excluding hydrogens is 589 g/mol. The van der Waals surface area contributed by atoms with Crippen LogP contribution in [0.1, 0.15) is 18.9 Å². The number of carbonyl (C=O) groups is 1. The lowest BCUT2D eigenvalue weighted by Gasteiger charge is -2.37. The van der Waals surface area contributed by atoms with E-state index in [0.29, 0.717) is 53.0 Å². The van der Waals surface area contributed by atoms with Crippen LogP contribution in [-0.4, -0.2) is 54.5 Å². The molecule has 1 aromatic heterocycles. The second-order valence-electron chi connectivity index (χ2n) is 10.3. The van der Waals surface area contributed by atoms with Gasteiger partial charge in [-0.05, 0) is 98.6 Å². The number of carbonyl (C=O) groups excluding carboxylic acids is 1. The van der Waals surface area contributed by atoms with Gasteiger partial charge in [0.25, 0.3) is 5.56 Å². The van der Waals surface area contributed by atoms with E-state index in [1.165, 1.54) is 28.6 Å². The Morgan fingerprint density at radius 2 is 1.81 bits per heavy atom. The Morgan fingerprint density at radius 1 is 1.12 bits per heavy atom. The zero-order chi connectivity index (χ0) is 30.3. The summed E-state index contributed by atoms with van der Waals surface area (Å²) in [6.07, 6.45) is 0.993. The highest BCUT2D eigenvalue weighted by molar-refractivity contribution is 7.99. The highest BCUT2D eigenvalue weighted by Crippen LogP contribution is 2.28. The standard InChI is InChI=1S/C32H33ClFN5O3S/c1-21(36-31(40)29-20-35-17-18-38(29)25-9-7-24(34)8-10-25)3-4-22-19-30(43-28-15-5-23(33)6-16-28)37-39(32(22)41)26-11-13-27(42-2)14-12-26/h5-16,19,21,29,35H,3-4,17-18,20H2,1-2H3,(H,36,40)/t21-,29+/m1/s1. The molecule has 224 valence electrons. The molecule has 1 aliphatic heterocycles. The average Bonchev–Trinajstić information content (AvgIpc) is 3.02. The van der Waals surface area contributed by atoms with Crippen molar-refractivity contribution < 1.29 is 13.9 Å². The molecule has 1 saturated heterocycles. The van der Waals surface area contributed by atoms with Crippen molar-refractivity contribution in [2.24, 2.45) is 0 Å². The number of piperazine rings is 1. The molecule has 2 atom stereocenters. The quantitative estimate of drug-likeness (QED) is 0.255. The number of anilines is 1. The number of amides is 1. The maximum atomic E-state index is 13.6. The third kappa shape index (κ3) is 7.76. The first-order valence-corrected chi connectivity index (χ1v) is 15.2. The normalized spacial score (nSPS) is 15.6. The van der Waals surface area contributed by atoms with E-state index in [2.05, 4.69) is 15.7 Å². The Kier molecular flexibility index (Phi) is 10.0. The van der Waals surface area contributed by atoms with Gasteiger partial charge in [0.1, 0.15) is 22.6 Å². The lowest BCUT2D eigenvalue weighted by Crippen LogP contribution is -2.59. The Balaban J connectivity index is 1.32. The van der Waals surface area contributed by atoms with E-state index < -0.39 is 6.04 Å². The van der Waals surface area contributed by atoms with Gasteiger partial charge < -0.3 is 20.3 Å². The van der Waals surface area contributed by atoms with Crippen molar-refractivity contribution in [1.29, 1.82) is 0 Å². The van der Waals surface area contributed by atoms with E-state index in [-0.39, 0.29) is 23.3 Å². The number of hydrogen-bond acceptors (Lipinski definition) is 7. The number of nitrogens with one attached hydrogen (secondary N) is 2. The summed E-state index contributed by atoms with van der Waals surface area (Å²) in [6, 6.07) is 22.0. The minimum atomic E-state index is -0.433. The predicted molar refractivity (Wildman–Crippen MR) is 168 cm³/mol. The molecule has 0 unspecified atom stereocenters. The van der Waals surface area contributed by atoms with E-state index in [0.717, 1.165) is 17.1 Å². The summed E-state index contributed by atoms with van der Waals surface area (Å²) in [5.41, 5.74) is 1.80. The van der Waals surface area contributed by atoms with Crippen molar-refractivity contribution in [1.82, 2.24) is 20.4 Å². The maximum absolute atomic E-state index is 13.6. The number of methoxy groups -OCH3 is 1. The molecule has 2 N–H and O–H groups in total. The van der Waals surface area contributed by atoms with Crippen LogP contribution in [0.25, 0.3) is 5.69 Å². The number of ether oxygens (including phenoxy) is 1. The summed E-state index contributed by atoms with van der Waals surface area (Å²) in [5.74, 6) is 0.248. The third-order valence-corrected chi connectivity index (χ3v) is 8.42. The molecule has 0 aliphatic carbocycles. The fourth-order valence-electron chi connectivity index (χ4n) is 4.93. The van der Waals surface area contributed by atoms with Crippen LogP contribution < -0.4 is 25.8 Å². The number of halogens is 2. The number of aryl methyl sites for hydroxylation is 1. The van der Waals surface area contributed by atoms with Gasteiger partial charge in [-0.25, -0.2) is 4.39 Å². The van der Waals surface area contributed by atoms with Gasteiger partial charge in [-0.1, -0.05) is 23.4 Å². The largest absolute Gasteiger partial charge is 0.497 e. The lowest BCUT2D eigenvalue weighted by atomic mass is 10.1. The molecular formula is C32H33ClFN5O3S. The fraction of sp³-hybridized carbons (Fsp3) is 0.281. The second-order valence-corrected chi connectivity index (χ2v) is 11.8. The number of hydrogen-bond donors (Lipinski definition) is 2. The summed E-state index contributed by atoms with van der Waals surface area (Å²) in [4.78, 5) is 29.9. The van der Waals surface area contributed by atoms with Gasteiger partial charge in [0, 0.05) is 46.8 Å². The molecule has 1 aliphatic rings. The lowest BCUT2D eigenvalue weighted by molar-refractivity contribution is -0.123. The van der Waals surface area contributed by atoms with Crippen LogP contribution in [0.15, 0.2) is 93.6 Å². The summed E-state index contributed by atoms with van der Waals surface area (Å²) in [6.45, 7) is 3.78. The number of nitrogens with zero attached hydrogens (tertiary/aromatic N) is 3. The van der Waals surface area contributed by atoms with Crippen LogP contribution in [0, 0.1) is 5.82 Å². The molecule has 0 saturated carbocycles. The summed E-state index contributed by atoms with van der Waals surface area (Å²) < 4.78 is 20.2. The Morgan fingerprint density at radius 3 is 2.51 bits per heavy atom. The van der Waals surface area contributed by atoms with Crippen molar-refractivity contribution in [2.75, 3.05) is 31.6 Å². The minimum absolute atomic E-state index is 0.117. The van der Waals surface area contributed by atoms with Gasteiger partial charge >= 0.3 is 0 Å². The van der Waals surface area contributed by atoms with Gasteiger partial charge in [-0.2, -0.15) is 9.78 Å². The Labute approximate surface area is 259 Å². The van der Waals surface area contributed by atoms with Crippen molar-refractivity contribution >= 4 is 35.0 Å². The van der Waals surface area contributed by atoms with Crippen molar-refractivity contribution in [3.8, 4) is 11.4 Å². The molecule has 8 nitrogen and oxygen atoms in total. The number of aromatic nitrogens is 2. The highest BCUT2D eigenvalue weighted by Gasteiger charge is 2.29. The van der Waals surface area contributed by atoms with Crippen molar-refractivity contribution in [3.05, 3.63) is 106 Å². The van der Waals surface area contributed by atoms with Crippen LogP contribution >= 0.6 is 23.4 Å². The zero-order valence-electron chi connectivity index (χ0n) is 23.9. The van der Waals surface area contributed by atoms with Crippen molar-refractivity contribution in [3.63, 3.8) is 0 Å². The van der Waals surface area contributed by atoms with Crippen LogP contribution in [0.4, 0.5) is 10.1 Å². The van der Waals surface area contributed by atoms with Crippen molar-refractivity contribution in [2.45, 2.75) is 41.8 Å². The third-order valence-electron chi connectivity index (χ3n) is 7.26. The van der Waals surface area contributed by atoms with Gasteiger partial charge in [-0.15, -0.1) is 0 Å². The Hall–Kier alpha value is -3.86. The first-order chi connectivity index (χ1) is 20.8. The van der Waals surface area contributed by atoms with Crippen LogP contribution in [0.3, 0.4) is 0 Å². The number of benzene rings is 3. The molecule has 4 aromatic rings. The van der Waals surface area contributed by atoms with E-state index in [4.69, 9.17) is 16.3 Å². The van der Waals surface area contributed by atoms with Crippen LogP contribution in [0.2, 0.25) is 5.02 Å². The van der Waals surface area contributed by atoms with E-state index >= 15 is 0 Å². The van der Waals surface area contributed by atoms with Gasteiger partial charge in [0.05, 0.1) is 12.8 Å². The first-order valence-electron chi connectivity index (χ1n) is 14.0. The minimum Gasteiger partial charge on any atom is -0.497 e. The highest BCUT2D eigenvalue weighted by atomic mass is 35.5. The predicted octanol–water partition coefficient (Wildman–Crippen LogP) is 5.10. The molecule has 5 rings (SSSR count). The second kappa shape index (κ2) is 14.1. The average molecular weight is 622 g/mol. The summed E-state index contributed by atoms with van der Waals surface area (Å²) in [7, 11) is 1.59. The topological polar surface area (TPSA) is 88.5 Å². The van der Waals surface area contributed by atoms with E-state index in [1.54, 1.807) is 43.5 Å². The maximum Gasteiger partial charge on any atom is 0.274 e. The fourth-order valence-corrected chi connectivity index (χ4v) is 5.90. The van der Waals surface area contributed by atoms with Gasteiger partial charge in [0.2, 0.25) is 5.91 Å². The molecule has 43 heavy (non-hydrogen) atoms.